The van der Waals surface area contributed by atoms with Crippen LogP contribution in [-0.2, 0) is 0 Å². The minimum Gasteiger partial charge on any atom is -0.435 e. The molecule has 0 saturated heterocycles. The Morgan fingerprint density at radius 2 is 1.54 bits per heavy atom. The Kier molecular flexibility index (Phi) is 8.55. The zero-order valence-corrected chi connectivity index (χ0v) is 15.0. The molecule has 136 valence electrons. The van der Waals surface area contributed by atoms with E-state index in [2.05, 4.69) is 11.7 Å². The van der Waals surface area contributed by atoms with Crippen LogP contribution in [-0.4, -0.2) is 6.61 Å². The molecule has 24 heavy (non-hydrogen) atoms. The third-order valence-electron chi connectivity index (χ3n) is 5.39. The van der Waals surface area contributed by atoms with Crippen LogP contribution in [0.15, 0.2) is 24.3 Å². The number of rotatable bonds is 10. The molecule has 0 radical (unpaired) electrons. The van der Waals surface area contributed by atoms with Crippen LogP contribution < -0.4 is 4.74 Å². The molecule has 0 spiro atoms. The highest BCUT2D eigenvalue weighted by Crippen LogP contribution is 2.38. The SMILES string of the molecule is CCCCCCCCC1CCC(c2ccc(OC(F)F)cc2)CC1. The smallest absolute Gasteiger partial charge is 0.387 e. The maximum absolute atomic E-state index is 12.2. The van der Waals surface area contributed by atoms with E-state index in [4.69, 9.17) is 0 Å². The molecular formula is C21H32F2O. The van der Waals surface area contributed by atoms with Crippen LogP contribution in [0.25, 0.3) is 0 Å². The highest BCUT2D eigenvalue weighted by Gasteiger charge is 2.22. The average Bonchev–Trinajstić information content (AvgIpc) is 2.59. The van der Waals surface area contributed by atoms with Crippen molar-refractivity contribution in [1.82, 2.24) is 0 Å². The van der Waals surface area contributed by atoms with Gasteiger partial charge in [-0.2, -0.15) is 8.78 Å². The molecule has 1 aliphatic carbocycles. The summed E-state index contributed by atoms with van der Waals surface area (Å²) in [6.45, 7) is -0.481. The first-order valence-electron chi connectivity index (χ1n) is 9.73. The zero-order valence-electron chi connectivity index (χ0n) is 15.0. The fourth-order valence-corrected chi connectivity index (χ4v) is 3.92. The average molecular weight is 338 g/mol. The Balaban J connectivity index is 1.65. The second-order valence-corrected chi connectivity index (χ2v) is 7.22. The molecule has 0 atom stereocenters. The van der Waals surface area contributed by atoms with Gasteiger partial charge in [-0.1, -0.05) is 64.0 Å². The van der Waals surface area contributed by atoms with E-state index in [0.29, 0.717) is 5.92 Å². The van der Waals surface area contributed by atoms with E-state index < -0.39 is 6.61 Å². The molecule has 2 rings (SSSR count). The van der Waals surface area contributed by atoms with Crippen molar-refractivity contribution in [3.63, 3.8) is 0 Å². The van der Waals surface area contributed by atoms with Crippen molar-refractivity contribution in [2.75, 3.05) is 0 Å². The highest BCUT2D eigenvalue weighted by molar-refractivity contribution is 5.29. The van der Waals surface area contributed by atoms with Crippen LogP contribution in [0.2, 0.25) is 0 Å². The third-order valence-corrected chi connectivity index (χ3v) is 5.39. The van der Waals surface area contributed by atoms with Crippen molar-refractivity contribution in [2.24, 2.45) is 5.92 Å². The van der Waals surface area contributed by atoms with Crippen molar-refractivity contribution in [3.05, 3.63) is 29.8 Å². The molecule has 1 saturated carbocycles. The molecule has 0 aromatic heterocycles. The predicted octanol–water partition coefficient (Wildman–Crippen LogP) is 7.31. The summed E-state index contributed by atoms with van der Waals surface area (Å²) in [7, 11) is 0. The van der Waals surface area contributed by atoms with Gasteiger partial charge in [0.05, 0.1) is 0 Å². The Hall–Kier alpha value is -1.12. The summed E-state index contributed by atoms with van der Waals surface area (Å²) >= 11 is 0. The molecule has 1 aliphatic rings. The quantitative estimate of drug-likeness (QED) is 0.406. The van der Waals surface area contributed by atoms with E-state index in [0.717, 1.165) is 5.92 Å². The predicted molar refractivity (Wildman–Crippen MR) is 95.8 cm³/mol. The van der Waals surface area contributed by atoms with Crippen LogP contribution in [0, 0.1) is 5.92 Å². The fraction of sp³-hybridized carbons (Fsp3) is 0.714. The molecule has 0 aliphatic heterocycles. The van der Waals surface area contributed by atoms with E-state index in [9.17, 15) is 8.78 Å². The van der Waals surface area contributed by atoms with Gasteiger partial charge in [0, 0.05) is 0 Å². The zero-order chi connectivity index (χ0) is 17.2. The Labute approximate surface area is 145 Å². The number of benzene rings is 1. The molecular weight excluding hydrogens is 306 g/mol. The standard InChI is InChI=1S/C21H32F2O/c1-2-3-4-5-6-7-8-17-9-11-18(12-10-17)19-13-15-20(16-14-19)24-21(22)23/h13-18,21H,2-12H2,1H3. The normalized spacial score (nSPS) is 21.2. The lowest BCUT2D eigenvalue weighted by molar-refractivity contribution is -0.0498. The third kappa shape index (κ3) is 6.78. The molecule has 0 N–H and O–H groups in total. The largest absolute Gasteiger partial charge is 0.435 e. The van der Waals surface area contributed by atoms with Crippen LogP contribution in [0.4, 0.5) is 8.78 Å². The number of halogens is 2. The highest BCUT2D eigenvalue weighted by atomic mass is 19.3. The second-order valence-electron chi connectivity index (χ2n) is 7.22. The van der Waals surface area contributed by atoms with Gasteiger partial charge in [0.15, 0.2) is 0 Å². The van der Waals surface area contributed by atoms with Crippen molar-refractivity contribution in [2.45, 2.75) is 90.1 Å². The summed E-state index contributed by atoms with van der Waals surface area (Å²) in [5.74, 6) is 1.74. The van der Waals surface area contributed by atoms with Gasteiger partial charge in [0.1, 0.15) is 5.75 Å². The summed E-state index contributed by atoms with van der Waals surface area (Å²) < 4.78 is 28.8. The van der Waals surface area contributed by atoms with Crippen LogP contribution >= 0.6 is 0 Å². The number of hydrogen-bond donors (Lipinski definition) is 0. The maximum Gasteiger partial charge on any atom is 0.387 e. The lowest BCUT2D eigenvalue weighted by atomic mass is 9.77. The number of alkyl halides is 2. The van der Waals surface area contributed by atoms with E-state index in [1.807, 2.05) is 12.1 Å². The Morgan fingerprint density at radius 1 is 0.917 bits per heavy atom. The first kappa shape index (κ1) is 19.2. The molecule has 1 aromatic carbocycles. The molecule has 0 amide bonds. The lowest BCUT2D eigenvalue weighted by Crippen LogP contribution is -2.13. The minimum atomic E-state index is -2.74. The van der Waals surface area contributed by atoms with Crippen molar-refractivity contribution in [1.29, 1.82) is 0 Å². The molecule has 3 heteroatoms. The van der Waals surface area contributed by atoms with Gasteiger partial charge >= 0.3 is 6.61 Å². The first-order valence-corrected chi connectivity index (χ1v) is 9.73. The van der Waals surface area contributed by atoms with Gasteiger partial charge in [-0.25, -0.2) is 0 Å². The minimum absolute atomic E-state index is 0.255. The molecule has 0 heterocycles. The molecule has 1 nitrogen and oxygen atoms in total. The van der Waals surface area contributed by atoms with Gasteiger partial charge in [-0.15, -0.1) is 0 Å². The fourth-order valence-electron chi connectivity index (χ4n) is 3.92. The molecule has 1 fully saturated rings. The van der Waals surface area contributed by atoms with Gasteiger partial charge in [-0.05, 0) is 55.2 Å². The maximum atomic E-state index is 12.2. The summed E-state index contributed by atoms with van der Waals surface area (Å²) in [4.78, 5) is 0. The summed E-state index contributed by atoms with van der Waals surface area (Å²) in [5.41, 5.74) is 1.27. The first-order chi connectivity index (χ1) is 11.7. The molecule has 0 unspecified atom stereocenters. The van der Waals surface area contributed by atoms with E-state index in [1.54, 1.807) is 12.1 Å². The van der Waals surface area contributed by atoms with Gasteiger partial charge in [-0.3, -0.25) is 0 Å². The number of ether oxygens (including phenoxy) is 1. The van der Waals surface area contributed by atoms with Crippen LogP contribution in [0.5, 0.6) is 5.75 Å². The second kappa shape index (κ2) is 10.7. The molecule has 1 aromatic rings. The number of hydrogen-bond acceptors (Lipinski definition) is 1. The summed E-state index contributed by atoms with van der Waals surface area (Å²) in [6, 6.07) is 7.25. The van der Waals surface area contributed by atoms with E-state index in [-0.39, 0.29) is 5.75 Å². The van der Waals surface area contributed by atoms with Crippen LogP contribution in [0.3, 0.4) is 0 Å². The summed E-state index contributed by atoms with van der Waals surface area (Å²) in [6.07, 6.45) is 14.8. The van der Waals surface area contributed by atoms with E-state index >= 15 is 0 Å². The Morgan fingerprint density at radius 3 is 2.17 bits per heavy atom. The van der Waals surface area contributed by atoms with E-state index in [1.165, 1.54) is 76.2 Å². The van der Waals surface area contributed by atoms with Gasteiger partial charge in [0.2, 0.25) is 0 Å². The van der Waals surface area contributed by atoms with Gasteiger partial charge in [0.25, 0.3) is 0 Å². The topological polar surface area (TPSA) is 9.23 Å². The lowest BCUT2D eigenvalue weighted by Gasteiger charge is -2.29. The summed E-state index contributed by atoms with van der Waals surface area (Å²) in [5, 5.41) is 0. The Bertz CT molecular complexity index is 436. The molecule has 0 bridgehead atoms. The number of unbranched alkanes of at least 4 members (excludes halogenated alkanes) is 5. The van der Waals surface area contributed by atoms with Crippen LogP contribution in [0.1, 0.15) is 89.0 Å². The van der Waals surface area contributed by atoms with Crippen molar-refractivity contribution in [3.8, 4) is 5.75 Å². The van der Waals surface area contributed by atoms with Crippen molar-refractivity contribution >= 4 is 0 Å². The monoisotopic (exact) mass is 338 g/mol. The van der Waals surface area contributed by atoms with Gasteiger partial charge < -0.3 is 4.74 Å². The van der Waals surface area contributed by atoms with Crippen molar-refractivity contribution < 1.29 is 13.5 Å².